The van der Waals surface area contributed by atoms with E-state index in [1.165, 1.54) is 0 Å². The molecule has 2 N–H and O–H groups in total. The number of nitrogens with one attached hydrogen (secondary N) is 2. The summed E-state index contributed by atoms with van der Waals surface area (Å²) in [6.45, 7) is 5.68. The van der Waals surface area contributed by atoms with Crippen LogP contribution in [-0.2, 0) is 18.4 Å². The van der Waals surface area contributed by atoms with Gasteiger partial charge in [-0.05, 0) is 44.5 Å². The van der Waals surface area contributed by atoms with Gasteiger partial charge in [0.25, 0.3) is 0 Å². The molecule has 3 aromatic heterocycles. The Bertz CT molecular complexity index is 1250. The van der Waals surface area contributed by atoms with E-state index in [9.17, 15) is 4.55 Å². The fourth-order valence-corrected chi connectivity index (χ4v) is 3.63. The van der Waals surface area contributed by atoms with Gasteiger partial charge in [0.15, 0.2) is 5.82 Å². The van der Waals surface area contributed by atoms with Gasteiger partial charge in [-0.15, -0.1) is 0 Å². The summed E-state index contributed by atoms with van der Waals surface area (Å²) < 4.78 is 22.4. The largest absolute Gasteiger partial charge is 0.593 e. The maximum absolute atomic E-state index is 12.6. The predicted molar refractivity (Wildman–Crippen MR) is 127 cm³/mol. The van der Waals surface area contributed by atoms with Crippen molar-refractivity contribution in [2.24, 2.45) is 7.05 Å². The number of rotatable bonds is 6. The molecular weight excluding hydrogens is 426 g/mol. The van der Waals surface area contributed by atoms with E-state index < -0.39 is 16.1 Å². The Balaban J connectivity index is 1.65. The first-order chi connectivity index (χ1) is 15.2. The lowest BCUT2D eigenvalue weighted by molar-refractivity contribution is 0.417. The van der Waals surface area contributed by atoms with Gasteiger partial charge < -0.3 is 14.6 Å². The highest BCUT2D eigenvalue weighted by molar-refractivity contribution is 7.94. The first-order valence-corrected chi connectivity index (χ1v) is 11.1. The average Bonchev–Trinajstić information content (AvgIpc) is 3.20. The molecule has 0 saturated carbocycles. The zero-order valence-electron chi connectivity index (χ0n) is 18.6. The van der Waals surface area contributed by atoms with Crippen molar-refractivity contribution in [1.82, 2.24) is 24.7 Å². The van der Waals surface area contributed by atoms with E-state index in [1.807, 2.05) is 58.3 Å². The molecule has 0 aliphatic heterocycles. The van der Waals surface area contributed by atoms with Gasteiger partial charge >= 0.3 is 0 Å². The molecule has 3 heterocycles. The minimum Gasteiger partial charge on any atom is -0.593 e. The molecule has 0 saturated heterocycles. The van der Waals surface area contributed by atoms with Crippen LogP contribution in [0.2, 0.25) is 0 Å². The minimum atomic E-state index is -1.33. The second kappa shape index (κ2) is 8.64. The second-order valence-electron chi connectivity index (χ2n) is 8.22. The summed E-state index contributed by atoms with van der Waals surface area (Å²) in [6.07, 6.45) is 7.09. The van der Waals surface area contributed by atoms with E-state index in [4.69, 9.17) is 4.74 Å². The van der Waals surface area contributed by atoms with Gasteiger partial charge in [-0.25, -0.2) is 15.0 Å². The third-order valence-electron chi connectivity index (χ3n) is 4.73. The van der Waals surface area contributed by atoms with Crippen molar-refractivity contribution < 1.29 is 9.29 Å². The molecule has 4 rings (SSSR count). The molecule has 4 aromatic rings. The Morgan fingerprint density at radius 3 is 2.59 bits per heavy atom. The number of ether oxygens (including phenoxy) is 1. The van der Waals surface area contributed by atoms with Crippen molar-refractivity contribution in [3.8, 4) is 16.9 Å². The molecule has 0 aliphatic rings. The summed E-state index contributed by atoms with van der Waals surface area (Å²) in [5.41, 5.74) is 3.28. The summed E-state index contributed by atoms with van der Waals surface area (Å²) in [5, 5.41) is 8.22. The summed E-state index contributed by atoms with van der Waals surface area (Å²) in [5.74, 6) is 1.47. The van der Waals surface area contributed by atoms with E-state index in [-0.39, 0.29) is 0 Å². The zero-order valence-corrected chi connectivity index (χ0v) is 19.4. The van der Waals surface area contributed by atoms with E-state index in [2.05, 4.69) is 30.1 Å². The number of methoxy groups -OCH3 is 1. The van der Waals surface area contributed by atoms with Crippen molar-refractivity contribution in [2.75, 3.05) is 17.1 Å². The Morgan fingerprint density at radius 2 is 1.91 bits per heavy atom. The minimum absolute atomic E-state index is 0.377. The monoisotopic (exact) mass is 451 g/mol. The molecule has 1 atom stereocenters. The fourth-order valence-electron chi connectivity index (χ4n) is 3.00. The van der Waals surface area contributed by atoms with Crippen molar-refractivity contribution in [3.05, 3.63) is 49.1 Å². The Labute approximate surface area is 189 Å². The number of aryl methyl sites for hydroxylation is 1. The Morgan fingerprint density at radius 1 is 1.09 bits per heavy atom. The van der Waals surface area contributed by atoms with Gasteiger partial charge in [0, 0.05) is 36.6 Å². The van der Waals surface area contributed by atoms with Crippen LogP contribution in [0, 0.1) is 0 Å². The van der Waals surface area contributed by atoms with Gasteiger partial charge in [0.1, 0.15) is 16.0 Å². The summed E-state index contributed by atoms with van der Waals surface area (Å²) >= 11 is -1.33. The standard InChI is InChI=1S/C22H25N7O2S/c1-22(2,3)32(30)28-20-19-15(8-9-23-20)11-24-21(27-19)26-17-7-6-14(10-18(17)31-5)16-12-25-29(4)13-16/h6-13H,1-5H3,(H,23,28)(H,24,26,27). The molecule has 0 bridgehead atoms. The zero-order chi connectivity index (χ0) is 22.9. The molecule has 1 aromatic carbocycles. The van der Waals surface area contributed by atoms with Crippen LogP contribution in [0.3, 0.4) is 0 Å². The van der Waals surface area contributed by atoms with Crippen LogP contribution in [0.1, 0.15) is 20.8 Å². The van der Waals surface area contributed by atoms with E-state index in [1.54, 1.807) is 30.4 Å². The Kier molecular flexibility index (Phi) is 5.90. The van der Waals surface area contributed by atoms with Gasteiger partial charge in [-0.2, -0.15) is 9.82 Å². The third-order valence-corrected chi connectivity index (χ3v) is 6.22. The quantitative estimate of drug-likeness (QED) is 0.422. The van der Waals surface area contributed by atoms with Crippen LogP contribution in [0.15, 0.2) is 49.1 Å². The lowest BCUT2D eigenvalue weighted by Gasteiger charge is -2.23. The van der Waals surface area contributed by atoms with E-state index in [0.717, 1.165) is 22.2 Å². The summed E-state index contributed by atoms with van der Waals surface area (Å²) in [4.78, 5) is 13.4. The molecule has 0 aliphatic carbocycles. The third kappa shape index (κ3) is 4.61. The maximum Gasteiger partial charge on any atom is 0.227 e. The predicted octanol–water partition coefficient (Wildman–Crippen LogP) is 4.05. The molecule has 0 spiro atoms. The summed E-state index contributed by atoms with van der Waals surface area (Å²) in [7, 11) is 3.49. The van der Waals surface area contributed by atoms with Gasteiger partial charge in [-0.3, -0.25) is 4.68 Å². The normalized spacial score (nSPS) is 12.6. The van der Waals surface area contributed by atoms with Crippen molar-refractivity contribution in [1.29, 1.82) is 0 Å². The molecule has 1 unspecified atom stereocenters. The van der Waals surface area contributed by atoms with Crippen LogP contribution < -0.4 is 14.8 Å². The SMILES string of the molecule is COc1cc(-c2cnn(C)c2)ccc1Nc1ncc2ccnc(N[S+]([O-])C(C)(C)C)c2n1. The first-order valence-electron chi connectivity index (χ1n) is 9.99. The van der Waals surface area contributed by atoms with Crippen LogP contribution >= 0.6 is 0 Å². The van der Waals surface area contributed by atoms with Crippen LogP contribution in [0.5, 0.6) is 5.75 Å². The average molecular weight is 452 g/mol. The second-order valence-corrected chi connectivity index (χ2v) is 10.2. The number of hydrogen-bond acceptors (Lipinski definition) is 8. The van der Waals surface area contributed by atoms with Crippen LogP contribution in [0.4, 0.5) is 17.5 Å². The number of pyridine rings is 1. The molecule has 9 nitrogen and oxygen atoms in total. The smallest absolute Gasteiger partial charge is 0.227 e. The molecular formula is C22H25N7O2S. The highest BCUT2D eigenvalue weighted by atomic mass is 32.2. The molecule has 0 radical (unpaired) electrons. The molecule has 0 fully saturated rings. The van der Waals surface area contributed by atoms with Gasteiger partial charge in [0.2, 0.25) is 5.95 Å². The summed E-state index contributed by atoms with van der Waals surface area (Å²) in [6, 6.07) is 7.63. The van der Waals surface area contributed by atoms with E-state index in [0.29, 0.717) is 23.0 Å². The number of hydrogen-bond donors (Lipinski definition) is 2. The van der Waals surface area contributed by atoms with Crippen molar-refractivity contribution >= 4 is 39.7 Å². The number of benzene rings is 1. The fraction of sp³-hybridized carbons (Fsp3) is 0.273. The van der Waals surface area contributed by atoms with Crippen LogP contribution in [0.25, 0.3) is 22.0 Å². The van der Waals surface area contributed by atoms with Crippen molar-refractivity contribution in [3.63, 3.8) is 0 Å². The molecule has 32 heavy (non-hydrogen) atoms. The number of anilines is 3. The van der Waals surface area contributed by atoms with Crippen molar-refractivity contribution in [2.45, 2.75) is 25.5 Å². The van der Waals surface area contributed by atoms with Gasteiger partial charge in [0.05, 0.1) is 30.4 Å². The lowest BCUT2D eigenvalue weighted by atomic mass is 10.1. The molecule has 0 amide bonds. The first kappa shape index (κ1) is 21.8. The van der Waals surface area contributed by atoms with E-state index >= 15 is 0 Å². The maximum atomic E-state index is 12.6. The topological polar surface area (TPSA) is 113 Å². The molecule has 10 heteroatoms. The highest BCUT2D eigenvalue weighted by Crippen LogP contribution is 2.32. The lowest BCUT2D eigenvalue weighted by Crippen LogP contribution is -2.34. The Hall–Kier alpha value is -3.37. The molecule has 166 valence electrons. The van der Waals surface area contributed by atoms with Crippen LogP contribution in [-0.4, -0.2) is 41.1 Å². The number of nitrogens with zero attached hydrogens (tertiary/aromatic N) is 5. The number of fused-ring (bicyclic) bond motifs is 1. The highest BCUT2D eigenvalue weighted by Gasteiger charge is 2.28. The van der Waals surface area contributed by atoms with Gasteiger partial charge in [-0.1, -0.05) is 6.07 Å². The number of aromatic nitrogens is 5.